The number of carbonyl (C=O) groups is 1. The lowest BCUT2D eigenvalue weighted by molar-refractivity contribution is -0.136. The zero-order valence-corrected chi connectivity index (χ0v) is 16.2. The lowest BCUT2D eigenvalue weighted by atomic mass is 9.57. The van der Waals surface area contributed by atoms with Gasteiger partial charge >= 0.3 is 5.97 Å². The molecule has 2 rings (SSSR count). The second kappa shape index (κ2) is 10.1. The highest BCUT2D eigenvalue weighted by atomic mass is 16.4. The van der Waals surface area contributed by atoms with Crippen LogP contribution in [-0.2, 0) is 4.79 Å². The first-order valence-electron chi connectivity index (χ1n) is 10.2. The van der Waals surface area contributed by atoms with Crippen molar-refractivity contribution in [2.75, 3.05) is 0 Å². The Balaban J connectivity index is 1.88. The first kappa shape index (κ1) is 21.0. The van der Waals surface area contributed by atoms with Gasteiger partial charge in [0.2, 0.25) is 0 Å². The van der Waals surface area contributed by atoms with E-state index in [1.54, 1.807) is 0 Å². The van der Waals surface area contributed by atoms with Crippen LogP contribution in [0, 0.1) is 35.5 Å². The van der Waals surface area contributed by atoms with E-state index in [0.29, 0.717) is 30.6 Å². The second-order valence-corrected chi connectivity index (χ2v) is 8.14. The number of fused-ring (bicyclic) bond motifs is 1. The Bertz CT molecular complexity index is 556. The van der Waals surface area contributed by atoms with Crippen LogP contribution in [0.15, 0.2) is 11.6 Å². The van der Waals surface area contributed by atoms with Gasteiger partial charge in [0, 0.05) is 6.42 Å². The van der Waals surface area contributed by atoms with Crippen LogP contribution in [0.4, 0.5) is 0 Å². The van der Waals surface area contributed by atoms with E-state index in [1.165, 1.54) is 18.4 Å². The Labute approximate surface area is 157 Å². The van der Waals surface area contributed by atoms with E-state index in [9.17, 15) is 15.0 Å². The number of hydrogen-bond donors (Lipinski definition) is 3. The maximum absolute atomic E-state index is 10.6. The molecule has 0 aromatic carbocycles. The van der Waals surface area contributed by atoms with Crippen LogP contribution in [-0.4, -0.2) is 33.5 Å². The summed E-state index contributed by atoms with van der Waals surface area (Å²) in [6.07, 6.45) is 8.59. The largest absolute Gasteiger partial charge is 0.481 e. The van der Waals surface area contributed by atoms with Crippen molar-refractivity contribution in [2.24, 2.45) is 23.7 Å². The van der Waals surface area contributed by atoms with Gasteiger partial charge in [-0.3, -0.25) is 4.79 Å². The van der Waals surface area contributed by atoms with Crippen LogP contribution >= 0.6 is 0 Å². The van der Waals surface area contributed by atoms with Crippen molar-refractivity contribution in [1.29, 1.82) is 0 Å². The number of allylic oxidation sites excluding steroid dienone is 2. The van der Waals surface area contributed by atoms with Gasteiger partial charge in [0.25, 0.3) is 0 Å². The van der Waals surface area contributed by atoms with E-state index in [1.807, 2.05) is 0 Å². The summed E-state index contributed by atoms with van der Waals surface area (Å²) >= 11 is 0. The van der Waals surface area contributed by atoms with Crippen molar-refractivity contribution in [1.82, 2.24) is 0 Å². The molecule has 4 heteroatoms. The molecule has 0 bridgehead atoms. The van der Waals surface area contributed by atoms with E-state index in [0.717, 1.165) is 25.7 Å². The molecular formula is C22H34O4. The van der Waals surface area contributed by atoms with Crippen molar-refractivity contribution in [3.63, 3.8) is 0 Å². The average Bonchev–Trinajstić information content (AvgIpc) is 2.56. The lowest BCUT2D eigenvalue weighted by Gasteiger charge is -2.48. The monoisotopic (exact) mass is 362 g/mol. The Morgan fingerprint density at radius 3 is 2.85 bits per heavy atom. The molecule has 4 nitrogen and oxygen atoms in total. The molecule has 0 heterocycles. The quantitative estimate of drug-likeness (QED) is 0.454. The molecule has 2 aliphatic carbocycles. The van der Waals surface area contributed by atoms with Crippen LogP contribution in [0.1, 0.15) is 71.6 Å². The summed E-state index contributed by atoms with van der Waals surface area (Å²) < 4.78 is 0. The van der Waals surface area contributed by atoms with E-state index in [2.05, 4.69) is 31.8 Å². The molecule has 0 spiro atoms. The maximum Gasteiger partial charge on any atom is 0.303 e. The highest BCUT2D eigenvalue weighted by molar-refractivity contribution is 5.66. The first-order valence-corrected chi connectivity index (χ1v) is 10.2. The predicted octanol–water partition coefficient (Wildman–Crippen LogP) is 3.77. The van der Waals surface area contributed by atoms with Gasteiger partial charge in [-0.15, -0.1) is 0 Å². The van der Waals surface area contributed by atoms with Crippen LogP contribution in [0.25, 0.3) is 0 Å². The van der Waals surface area contributed by atoms with Crippen molar-refractivity contribution in [2.45, 2.75) is 83.8 Å². The van der Waals surface area contributed by atoms with Crippen molar-refractivity contribution in [3.8, 4) is 11.8 Å². The molecule has 0 radical (unpaired) electrons. The minimum Gasteiger partial charge on any atom is -0.481 e. The van der Waals surface area contributed by atoms with Crippen molar-refractivity contribution >= 4 is 5.97 Å². The fourth-order valence-corrected chi connectivity index (χ4v) is 4.39. The number of unbranched alkanes of at least 4 members (excludes halogenated alkanes) is 1. The Kier molecular flexibility index (Phi) is 8.18. The maximum atomic E-state index is 10.6. The first-order chi connectivity index (χ1) is 12.4. The fraction of sp³-hybridized carbons (Fsp3) is 0.773. The van der Waals surface area contributed by atoms with Crippen LogP contribution in [0.2, 0.25) is 0 Å². The molecule has 2 aliphatic rings. The molecule has 0 aromatic rings. The molecule has 0 aromatic heterocycles. The Hall–Kier alpha value is -1.31. The number of aliphatic hydroxyl groups is 2. The number of aliphatic hydroxyl groups excluding tert-OH is 2. The predicted molar refractivity (Wildman–Crippen MR) is 102 cm³/mol. The van der Waals surface area contributed by atoms with Crippen LogP contribution in [0.5, 0.6) is 0 Å². The molecular weight excluding hydrogens is 328 g/mol. The molecule has 6 atom stereocenters. The smallest absolute Gasteiger partial charge is 0.303 e. The summed E-state index contributed by atoms with van der Waals surface area (Å²) in [6, 6.07) is 0. The summed E-state index contributed by atoms with van der Waals surface area (Å²) in [7, 11) is 0. The molecule has 0 amide bonds. The van der Waals surface area contributed by atoms with Gasteiger partial charge in [0.1, 0.15) is 6.10 Å². The number of carboxylic acids is 1. The lowest BCUT2D eigenvalue weighted by Crippen LogP contribution is -2.44. The number of rotatable bonds is 8. The van der Waals surface area contributed by atoms with E-state index in [4.69, 9.17) is 5.11 Å². The van der Waals surface area contributed by atoms with Gasteiger partial charge < -0.3 is 15.3 Å². The van der Waals surface area contributed by atoms with E-state index in [-0.39, 0.29) is 12.3 Å². The van der Waals surface area contributed by atoms with Crippen molar-refractivity contribution < 1.29 is 20.1 Å². The molecule has 2 fully saturated rings. The van der Waals surface area contributed by atoms with Gasteiger partial charge in [-0.25, -0.2) is 0 Å². The number of carboxylic acid groups (broad SMARTS) is 1. The van der Waals surface area contributed by atoms with Crippen LogP contribution < -0.4 is 0 Å². The minimum absolute atomic E-state index is 0.0639. The normalized spacial score (nSPS) is 31.3. The minimum atomic E-state index is -0.761. The Morgan fingerprint density at radius 2 is 2.15 bits per heavy atom. The van der Waals surface area contributed by atoms with Gasteiger partial charge in [0.05, 0.1) is 12.0 Å². The molecule has 146 valence electrons. The Morgan fingerprint density at radius 1 is 1.38 bits per heavy atom. The molecule has 1 unspecified atom stereocenters. The van der Waals surface area contributed by atoms with Gasteiger partial charge in [-0.2, -0.15) is 0 Å². The molecule has 26 heavy (non-hydrogen) atoms. The molecule has 3 N–H and O–H groups in total. The van der Waals surface area contributed by atoms with E-state index >= 15 is 0 Å². The highest BCUT2D eigenvalue weighted by Crippen LogP contribution is 2.51. The summed E-state index contributed by atoms with van der Waals surface area (Å²) in [4.78, 5) is 10.6. The summed E-state index contributed by atoms with van der Waals surface area (Å²) in [6.45, 7) is 4.33. The number of hydrogen-bond acceptors (Lipinski definition) is 3. The fourth-order valence-electron chi connectivity index (χ4n) is 4.39. The second-order valence-electron chi connectivity index (χ2n) is 8.14. The number of aliphatic carboxylic acids is 1. The third-order valence-electron chi connectivity index (χ3n) is 5.97. The molecule has 0 saturated heterocycles. The van der Waals surface area contributed by atoms with Crippen LogP contribution in [0.3, 0.4) is 0 Å². The highest BCUT2D eigenvalue weighted by Gasteiger charge is 2.46. The molecule has 0 aliphatic heterocycles. The SMILES string of the molecule is CCCC[C@@H](C)CC(O)C#C[C@@H]1[C@H]2CC(=CCCC(=O)O)[C@H]2CC[C@H]1O. The van der Waals surface area contributed by atoms with Gasteiger partial charge in [0.15, 0.2) is 0 Å². The van der Waals surface area contributed by atoms with Gasteiger partial charge in [-0.1, -0.05) is 56.6 Å². The summed E-state index contributed by atoms with van der Waals surface area (Å²) in [5, 5.41) is 29.3. The summed E-state index contributed by atoms with van der Waals surface area (Å²) in [5.41, 5.74) is 1.34. The van der Waals surface area contributed by atoms with Gasteiger partial charge in [-0.05, 0) is 49.9 Å². The molecule has 2 saturated carbocycles. The van der Waals surface area contributed by atoms with E-state index < -0.39 is 18.2 Å². The zero-order valence-electron chi connectivity index (χ0n) is 16.2. The zero-order chi connectivity index (χ0) is 19.1. The standard InChI is InChI=1S/C22H34O4/c1-3-4-6-15(2)13-17(23)9-10-19-20-14-16(7-5-8-22(25)26)18(20)11-12-21(19)24/h7,15,17-21,23-24H,3-6,8,11-14H2,1-2H3,(H,25,26)/t15-,17?,18-,19-,20+,21-/m1/s1. The topological polar surface area (TPSA) is 77.8 Å². The third kappa shape index (κ3) is 5.86. The third-order valence-corrected chi connectivity index (χ3v) is 5.97. The summed E-state index contributed by atoms with van der Waals surface area (Å²) in [5.74, 6) is 6.62. The average molecular weight is 363 g/mol. The van der Waals surface area contributed by atoms with Crippen molar-refractivity contribution in [3.05, 3.63) is 11.6 Å².